The van der Waals surface area contributed by atoms with Crippen LogP contribution in [0.2, 0.25) is 0 Å². The molecule has 0 bridgehead atoms. The van der Waals surface area contributed by atoms with E-state index in [9.17, 15) is 4.39 Å². The molecule has 3 aromatic rings. The first kappa shape index (κ1) is 23.8. The fourth-order valence-electron chi connectivity index (χ4n) is 2.86. The summed E-state index contributed by atoms with van der Waals surface area (Å²) in [5, 5.41) is 15.0. The molecule has 2 N–H and O–H groups in total. The van der Waals surface area contributed by atoms with Crippen molar-refractivity contribution in [3.63, 3.8) is 0 Å². The Kier molecular flexibility index (Phi) is 8.76. The molecule has 1 atom stereocenters. The average Bonchev–Trinajstić information content (AvgIpc) is 3.05. The summed E-state index contributed by atoms with van der Waals surface area (Å²) in [4.78, 5) is 4.65. The number of nitrogens with zero attached hydrogens (tertiary/aromatic N) is 4. The Morgan fingerprint density at radius 3 is 2.50 bits per heavy atom. The van der Waals surface area contributed by atoms with Crippen molar-refractivity contribution >= 4 is 29.9 Å². The van der Waals surface area contributed by atoms with E-state index in [0.717, 1.165) is 22.8 Å². The van der Waals surface area contributed by atoms with E-state index in [1.165, 1.54) is 6.07 Å². The Hall–Kier alpha value is -2.49. The molecular formula is C22H28FIN6. The summed E-state index contributed by atoms with van der Waals surface area (Å²) in [5.41, 5.74) is 2.60. The predicted molar refractivity (Wildman–Crippen MR) is 128 cm³/mol. The molecule has 0 spiro atoms. The van der Waals surface area contributed by atoms with Gasteiger partial charge < -0.3 is 15.2 Å². The molecule has 0 saturated heterocycles. The Morgan fingerprint density at radius 2 is 1.87 bits per heavy atom. The minimum Gasteiger partial charge on any atom is -0.350 e. The molecule has 30 heavy (non-hydrogen) atoms. The molecule has 0 fully saturated rings. The molecule has 0 aliphatic rings. The summed E-state index contributed by atoms with van der Waals surface area (Å²) in [6.45, 7) is 6.58. The van der Waals surface area contributed by atoms with Crippen molar-refractivity contribution in [1.29, 1.82) is 0 Å². The zero-order chi connectivity index (χ0) is 20.8. The number of hydrogen-bond donors (Lipinski definition) is 2. The maximum absolute atomic E-state index is 13.9. The van der Waals surface area contributed by atoms with Gasteiger partial charge >= 0.3 is 0 Å². The summed E-state index contributed by atoms with van der Waals surface area (Å²) in [6.07, 6.45) is 0. The molecule has 1 unspecified atom stereocenters. The normalized spacial score (nSPS) is 12.2. The number of rotatable bonds is 6. The maximum Gasteiger partial charge on any atom is 0.192 e. The van der Waals surface area contributed by atoms with Gasteiger partial charge in [0.15, 0.2) is 11.8 Å². The average molecular weight is 522 g/mol. The van der Waals surface area contributed by atoms with Crippen LogP contribution in [0.4, 0.5) is 4.39 Å². The molecule has 1 aromatic heterocycles. The Morgan fingerprint density at radius 1 is 1.13 bits per heavy atom. The molecular weight excluding hydrogens is 494 g/mol. The summed E-state index contributed by atoms with van der Waals surface area (Å²) in [7, 11) is 1.93. The predicted octanol–water partition coefficient (Wildman–Crippen LogP) is 4.19. The largest absolute Gasteiger partial charge is 0.350 e. The lowest BCUT2D eigenvalue weighted by atomic mass is 10.1. The number of hydrogen-bond acceptors (Lipinski definition) is 3. The molecule has 1 heterocycles. The molecule has 0 saturated carbocycles. The topological polar surface area (TPSA) is 67.1 Å². The van der Waals surface area contributed by atoms with Crippen molar-refractivity contribution in [3.05, 3.63) is 82.7 Å². The number of aliphatic imine (C=N–C) groups is 1. The minimum absolute atomic E-state index is 0. The van der Waals surface area contributed by atoms with Crippen molar-refractivity contribution in [2.75, 3.05) is 0 Å². The van der Waals surface area contributed by atoms with Crippen molar-refractivity contribution in [2.45, 2.75) is 39.9 Å². The highest BCUT2D eigenvalue weighted by atomic mass is 127. The van der Waals surface area contributed by atoms with Crippen molar-refractivity contribution in [2.24, 2.45) is 12.0 Å². The van der Waals surface area contributed by atoms with Gasteiger partial charge in [-0.1, -0.05) is 42.5 Å². The summed E-state index contributed by atoms with van der Waals surface area (Å²) < 4.78 is 15.8. The van der Waals surface area contributed by atoms with Crippen molar-refractivity contribution in [3.8, 4) is 0 Å². The number of aryl methyl sites for hydroxylation is 2. The van der Waals surface area contributed by atoms with Gasteiger partial charge in [0.1, 0.15) is 11.6 Å². The zero-order valence-corrected chi connectivity index (χ0v) is 20.0. The van der Waals surface area contributed by atoms with Gasteiger partial charge in [0.05, 0.1) is 19.1 Å². The summed E-state index contributed by atoms with van der Waals surface area (Å²) in [6, 6.07) is 15.4. The van der Waals surface area contributed by atoms with Gasteiger partial charge in [0, 0.05) is 7.05 Å². The van der Waals surface area contributed by atoms with E-state index in [2.05, 4.69) is 44.9 Å². The van der Waals surface area contributed by atoms with Crippen molar-refractivity contribution in [1.82, 2.24) is 25.4 Å². The van der Waals surface area contributed by atoms with Crippen LogP contribution in [-0.4, -0.2) is 20.7 Å². The Balaban J connectivity index is 0.00000320. The molecule has 2 aromatic carbocycles. The van der Waals surface area contributed by atoms with Crippen LogP contribution in [0, 0.1) is 19.7 Å². The molecule has 6 nitrogen and oxygen atoms in total. The molecule has 160 valence electrons. The first-order valence-electron chi connectivity index (χ1n) is 9.63. The van der Waals surface area contributed by atoms with E-state index in [-0.39, 0.29) is 35.8 Å². The number of halogens is 2. The molecule has 0 amide bonds. The van der Waals surface area contributed by atoms with E-state index in [1.807, 2.05) is 42.8 Å². The Labute approximate surface area is 194 Å². The first-order valence-corrected chi connectivity index (χ1v) is 9.63. The molecule has 3 rings (SSSR count). The second kappa shape index (κ2) is 11.1. The van der Waals surface area contributed by atoms with Crippen LogP contribution in [0.1, 0.15) is 41.3 Å². The van der Waals surface area contributed by atoms with Crippen LogP contribution in [0.25, 0.3) is 0 Å². The lowest BCUT2D eigenvalue weighted by Crippen LogP contribution is -2.39. The zero-order valence-electron chi connectivity index (χ0n) is 17.7. The first-order chi connectivity index (χ1) is 13.9. The van der Waals surface area contributed by atoms with Gasteiger partial charge in [-0.15, -0.1) is 34.2 Å². The standard InChI is InChI=1S/C22H27FN6.HI/c1-15-10-11-18(12-20(15)23)13-24-22(25-14-21-28-27-17(3)29(21)4)26-16(2)19-8-6-5-7-9-19;/h5-12,16H,13-14H2,1-4H3,(H2,24,25,26);1H. The third-order valence-corrected chi connectivity index (χ3v) is 4.91. The second-order valence-electron chi connectivity index (χ2n) is 7.10. The van der Waals surface area contributed by atoms with E-state index >= 15 is 0 Å². The fraction of sp³-hybridized carbons (Fsp3) is 0.318. The number of benzene rings is 2. The lowest BCUT2D eigenvalue weighted by molar-refractivity contribution is 0.616. The summed E-state index contributed by atoms with van der Waals surface area (Å²) in [5.74, 6) is 2.07. The van der Waals surface area contributed by atoms with Gasteiger partial charge in [-0.25, -0.2) is 9.38 Å². The number of guanidine groups is 1. The maximum atomic E-state index is 13.9. The van der Waals surface area contributed by atoms with Gasteiger partial charge in [-0.05, 0) is 43.5 Å². The quantitative estimate of drug-likeness (QED) is 0.290. The number of aromatic nitrogens is 3. The summed E-state index contributed by atoms with van der Waals surface area (Å²) >= 11 is 0. The second-order valence-corrected chi connectivity index (χ2v) is 7.10. The van der Waals surface area contributed by atoms with Gasteiger partial charge in [0.2, 0.25) is 0 Å². The van der Waals surface area contributed by atoms with Gasteiger partial charge in [-0.3, -0.25) is 0 Å². The van der Waals surface area contributed by atoms with Crippen LogP contribution >= 0.6 is 24.0 Å². The van der Waals surface area contributed by atoms with Crippen LogP contribution < -0.4 is 10.6 Å². The van der Waals surface area contributed by atoms with Gasteiger partial charge in [0.25, 0.3) is 0 Å². The van der Waals surface area contributed by atoms with Crippen LogP contribution in [-0.2, 0) is 20.1 Å². The van der Waals surface area contributed by atoms with Crippen LogP contribution in [0.15, 0.2) is 53.5 Å². The highest BCUT2D eigenvalue weighted by Crippen LogP contribution is 2.12. The monoisotopic (exact) mass is 522 g/mol. The SMILES string of the molecule is Cc1ccc(CN=C(NCc2nnc(C)n2C)NC(C)c2ccccc2)cc1F.I. The number of nitrogens with one attached hydrogen (secondary N) is 2. The van der Waals surface area contributed by atoms with Gasteiger partial charge in [-0.2, -0.15) is 0 Å². The lowest BCUT2D eigenvalue weighted by Gasteiger charge is -2.18. The van der Waals surface area contributed by atoms with Crippen molar-refractivity contribution < 1.29 is 4.39 Å². The fourth-order valence-corrected chi connectivity index (χ4v) is 2.86. The highest BCUT2D eigenvalue weighted by molar-refractivity contribution is 14.0. The minimum atomic E-state index is -0.215. The van der Waals surface area contributed by atoms with E-state index in [4.69, 9.17) is 0 Å². The third-order valence-electron chi connectivity index (χ3n) is 4.91. The smallest absolute Gasteiger partial charge is 0.192 e. The molecule has 0 radical (unpaired) electrons. The van der Waals surface area contributed by atoms with Crippen LogP contribution in [0.5, 0.6) is 0 Å². The third kappa shape index (κ3) is 6.25. The van der Waals surface area contributed by atoms with E-state index in [0.29, 0.717) is 24.6 Å². The molecule has 8 heteroatoms. The molecule has 0 aliphatic carbocycles. The van der Waals surface area contributed by atoms with E-state index < -0.39 is 0 Å². The highest BCUT2D eigenvalue weighted by Gasteiger charge is 2.10. The Bertz CT molecular complexity index is 987. The van der Waals surface area contributed by atoms with E-state index in [1.54, 1.807) is 13.0 Å². The molecule has 0 aliphatic heterocycles. The van der Waals surface area contributed by atoms with Crippen LogP contribution in [0.3, 0.4) is 0 Å².